The lowest BCUT2D eigenvalue weighted by molar-refractivity contribution is -0.141. The lowest BCUT2D eigenvalue weighted by Crippen LogP contribution is -2.29. The maximum Gasteiger partial charge on any atom is 0.435 e. The van der Waals surface area contributed by atoms with E-state index in [9.17, 15) is 18.3 Å². The molecule has 1 N–H and O–H groups in total. The minimum atomic E-state index is -4.39. The zero-order valence-corrected chi connectivity index (χ0v) is 11.0. The zero-order valence-electron chi connectivity index (χ0n) is 11.0. The van der Waals surface area contributed by atoms with Crippen molar-refractivity contribution in [3.63, 3.8) is 0 Å². The standard InChI is InChI=1S/C12H18F3N3O/c1-8-5-11(12(13,14)15)16-18(8)10-3-4-17(7-10)6-9(2)19/h5,9-10,19H,3-4,6-7H2,1-2H3. The van der Waals surface area contributed by atoms with Crippen molar-refractivity contribution in [2.24, 2.45) is 0 Å². The molecule has 1 aliphatic rings. The fourth-order valence-corrected chi connectivity index (χ4v) is 2.55. The molecule has 0 bridgehead atoms. The summed E-state index contributed by atoms with van der Waals surface area (Å²) in [5.41, 5.74) is -0.310. The first kappa shape index (κ1) is 14.3. The molecule has 2 heterocycles. The highest BCUT2D eigenvalue weighted by Gasteiger charge is 2.36. The van der Waals surface area contributed by atoms with Crippen LogP contribution in [-0.4, -0.2) is 45.5 Å². The summed E-state index contributed by atoms with van der Waals surface area (Å²) in [4.78, 5) is 2.05. The normalized spacial score (nSPS) is 22.9. The lowest BCUT2D eigenvalue weighted by Gasteiger charge is -2.18. The maximum atomic E-state index is 12.6. The van der Waals surface area contributed by atoms with E-state index in [1.165, 1.54) is 4.68 Å². The second kappa shape index (κ2) is 5.13. The number of aromatic nitrogens is 2. The Morgan fingerprint density at radius 1 is 1.53 bits per heavy atom. The molecule has 4 nitrogen and oxygen atoms in total. The Morgan fingerprint density at radius 3 is 2.74 bits per heavy atom. The van der Waals surface area contributed by atoms with Gasteiger partial charge < -0.3 is 5.11 Å². The number of aliphatic hydroxyl groups excluding tert-OH is 1. The van der Waals surface area contributed by atoms with Gasteiger partial charge in [-0.05, 0) is 26.3 Å². The third-order valence-electron chi connectivity index (χ3n) is 3.33. The summed E-state index contributed by atoms with van der Waals surface area (Å²) in [7, 11) is 0. The molecule has 1 fully saturated rings. The van der Waals surface area contributed by atoms with Gasteiger partial charge in [0.2, 0.25) is 0 Å². The molecule has 0 saturated carbocycles. The number of aryl methyl sites for hydroxylation is 1. The van der Waals surface area contributed by atoms with Gasteiger partial charge in [0.1, 0.15) is 0 Å². The van der Waals surface area contributed by atoms with Crippen molar-refractivity contribution >= 4 is 0 Å². The van der Waals surface area contributed by atoms with Gasteiger partial charge in [0.25, 0.3) is 0 Å². The van der Waals surface area contributed by atoms with E-state index in [-0.39, 0.29) is 6.04 Å². The van der Waals surface area contributed by atoms with Crippen molar-refractivity contribution in [3.8, 4) is 0 Å². The number of rotatable bonds is 3. The third-order valence-corrected chi connectivity index (χ3v) is 3.33. The molecule has 0 aromatic carbocycles. The summed E-state index contributed by atoms with van der Waals surface area (Å²) in [6.45, 7) is 5.29. The van der Waals surface area contributed by atoms with Crippen LogP contribution in [0.2, 0.25) is 0 Å². The summed E-state index contributed by atoms with van der Waals surface area (Å²) in [6.07, 6.45) is -4.07. The number of β-amino-alcohol motifs (C(OH)–C–C–N with tert-alkyl or cyclic N) is 1. The Bertz CT molecular complexity index is 442. The van der Waals surface area contributed by atoms with E-state index in [0.29, 0.717) is 18.8 Å². The van der Waals surface area contributed by atoms with Crippen LogP contribution < -0.4 is 0 Å². The molecule has 0 spiro atoms. The van der Waals surface area contributed by atoms with Gasteiger partial charge >= 0.3 is 6.18 Å². The molecule has 1 aromatic heterocycles. The molecule has 1 aromatic rings. The van der Waals surface area contributed by atoms with Crippen molar-refractivity contribution in [3.05, 3.63) is 17.5 Å². The first-order valence-corrected chi connectivity index (χ1v) is 6.31. The number of hydrogen-bond acceptors (Lipinski definition) is 3. The van der Waals surface area contributed by atoms with Crippen LogP contribution in [0.15, 0.2) is 6.07 Å². The maximum absolute atomic E-state index is 12.6. The number of aliphatic hydroxyl groups is 1. The lowest BCUT2D eigenvalue weighted by atomic mass is 10.2. The summed E-state index contributed by atoms with van der Waals surface area (Å²) < 4.78 is 39.3. The Kier molecular flexibility index (Phi) is 3.87. The number of halogens is 3. The van der Waals surface area contributed by atoms with Gasteiger partial charge in [-0.1, -0.05) is 0 Å². The van der Waals surface area contributed by atoms with Gasteiger partial charge in [0, 0.05) is 25.3 Å². The van der Waals surface area contributed by atoms with Gasteiger partial charge in [-0.2, -0.15) is 18.3 Å². The highest BCUT2D eigenvalue weighted by molar-refractivity contribution is 5.13. The van der Waals surface area contributed by atoms with E-state index < -0.39 is 18.0 Å². The van der Waals surface area contributed by atoms with Crippen molar-refractivity contribution in [2.45, 2.75) is 38.6 Å². The first-order valence-electron chi connectivity index (χ1n) is 6.31. The van der Waals surface area contributed by atoms with Crippen LogP contribution in [0.1, 0.15) is 30.8 Å². The zero-order chi connectivity index (χ0) is 14.2. The van der Waals surface area contributed by atoms with E-state index >= 15 is 0 Å². The number of hydrogen-bond donors (Lipinski definition) is 1. The monoisotopic (exact) mass is 277 g/mol. The van der Waals surface area contributed by atoms with Crippen molar-refractivity contribution in [1.82, 2.24) is 14.7 Å². The highest BCUT2D eigenvalue weighted by Crippen LogP contribution is 2.31. The van der Waals surface area contributed by atoms with E-state index in [2.05, 4.69) is 5.10 Å². The van der Waals surface area contributed by atoms with Gasteiger partial charge in [-0.15, -0.1) is 0 Å². The topological polar surface area (TPSA) is 41.3 Å². The van der Waals surface area contributed by atoms with E-state index in [4.69, 9.17) is 0 Å². The van der Waals surface area contributed by atoms with Crippen LogP contribution in [-0.2, 0) is 6.18 Å². The minimum Gasteiger partial charge on any atom is -0.392 e. The molecular formula is C12H18F3N3O. The largest absolute Gasteiger partial charge is 0.435 e. The molecule has 2 atom stereocenters. The Labute approximate surface area is 109 Å². The van der Waals surface area contributed by atoms with Crippen molar-refractivity contribution in [1.29, 1.82) is 0 Å². The molecule has 0 radical (unpaired) electrons. The molecule has 1 saturated heterocycles. The average Bonchev–Trinajstić information content (AvgIpc) is 2.82. The van der Waals surface area contributed by atoms with Crippen LogP contribution in [0, 0.1) is 6.92 Å². The molecule has 108 valence electrons. The Hall–Kier alpha value is -1.08. The number of likely N-dealkylation sites (tertiary alicyclic amines) is 1. The molecular weight excluding hydrogens is 259 g/mol. The predicted molar refractivity (Wildman–Crippen MR) is 63.7 cm³/mol. The number of nitrogens with zero attached hydrogens (tertiary/aromatic N) is 3. The minimum absolute atomic E-state index is 0.0464. The third kappa shape index (κ3) is 3.27. The van der Waals surface area contributed by atoms with Crippen molar-refractivity contribution in [2.75, 3.05) is 19.6 Å². The average molecular weight is 277 g/mol. The molecule has 2 unspecified atom stereocenters. The fourth-order valence-electron chi connectivity index (χ4n) is 2.55. The van der Waals surface area contributed by atoms with Crippen LogP contribution in [0.3, 0.4) is 0 Å². The van der Waals surface area contributed by atoms with Crippen LogP contribution in [0.5, 0.6) is 0 Å². The molecule has 0 aliphatic carbocycles. The quantitative estimate of drug-likeness (QED) is 0.916. The second-order valence-electron chi connectivity index (χ2n) is 5.16. The number of alkyl halides is 3. The fraction of sp³-hybridized carbons (Fsp3) is 0.750. The highest BCUT2D eigenvalue weighted by atomic mass is 19.4. The summed E-state index contributed by atoms with van der Waals surface area (Å²) in [6, 6.07) is 1.03. The van der Waals surface area contributed by atoms with E-state index in [1.807, 2.05) is 4.90 Å². The predicted octanol–water partition coefficient (Wildman–Crippen LogP) is 1.84. The van der Waals surface area contributed by atoms with Crippen molar-refractivity contribution < 1.29 is 18.3 Å². The Morgan fingerprint density at radius 2 is 2.21 bits per heavy atom. The van der Waals surface area contributed by atoms with Gasteiger partial charge in [-0.25, -0.2) is 0 Å². The van der Waals surface area contributed by atoms with Gasteiger partial charge in [-0.3, -0.25) is 9.58 Å². The van der Waals surface area contributed by atoms with Crippen LogP contribution >= 0.6 is 0 Å². The Balaban J connectivity index is 2.09. The van der Waals surface area contributed by atoms with Crippen LogP contribution in [0.25, 0.3) is 0 Å². The van der Waals surface area contributed by atoms with Crippen LogP contribution in [0.4, 0.5) is 13.2 Å². The molecule has 7 heteroatoms. The summed E-state index contributed by atoms with van der Waals surface area (Å²) >= 11 is 0. The SMILES string of the molecule is Cc1cc(C(F)(F)F)nn1C1CCN(CC(C)O)C1. The second-order valence-corrected chi connectivity index (χ2v) is 5.16. The smallest absolute Gasteiger partial charge is 0.392 e. The molecule has 0 amide bonds. The molecule has 2 rings (SSSR count). The van der Waals surface area contributed by atoms with E-state index in [0.717, 1.165) is 19.0 Å². The summed E-state index contributed by atoms with van der Waals surface area (Å²) in [5.74, 6) is 0. The van der Waals surface area contributed by atoms with Gasteiger partial charge in [0.15, 0.2) is 5.69 Å². The molecule has 19 heavy (non-hydrogen) atoms. The molecule has 1 aliphatic heterocycles. The first-order chi connectivity index (χ1) is 8.77. The van der Waals surface area contributed by atoms with Gasteiger partial charge in [0.05, 0.1) is 12.1 Å². The summed E-state index contributed by atoms with van der Waals surface area (Å²) in [5, 5.41) is 13.0. The van der Waals surface area contributed by atoms with E-state index in [1.54, 1.807) is 13.8 Å².